The standard InChI is InChI=1S/C11H8N4OS2/c16-10(14-9-1-3-12-15-9)8-6-18-11(13-8)7-2-4-17-5-7/h1-6H,(H2,12,14,15,16). The number of aromatic amines is 1. The molecule has 0 unspecified atom stereocenters. The maximum absolute atomic E-state index is 11.9. The largest absolute Gasteiger partial charge is 0.306 e. The molecule has 3 heterocycles. The van der Waals surface area contributed by atoms with Crippen molar-refractivity contribution >= 4 is 34.4 Å². The Labute approximate surface area is 111 Å². The Hall–Kier alpha value is -1.99. The van der Waals surface area contributed by atoms with Crippen LogP contribution in [0.3, 0.4) is 0 Å². The van der Waals surface area contributed by atoms with Crippen molar-refractivity contribution in [2.24, 2.45) is 0 Å². The topological polar surface area (TPSA) is 70.7 Å². The number of hydrogen-bond donors (Lipinski definition) is 2. The van der Waals surface area contributed by atoms with Gasteiger partial charge >= 0.3 is 0 Å². The van der Waals surface area contributed by atoms with Crippen LogP contribution in [0.5, 0.6) is 0 Å². The zero-order valence-corrected chi connectivity index (χ0v) is 10.7. The Morgan fingerprint density at radius 1 is 1.33 bits per heavy atom. The van der Waals surface area contributed by atoms with E-state index in [0.717, 1.165) is 10.6 Å². The third-order valence-electron chi connectivity index (χ3n) is 2.25. The zero-order valence-electron chi connectivity index (χ0n) is 9.08. The normalized spacial score (nSPS) is 10.4. The predicted molar refractivity (Wildman–Crippen MR) is 72.0 cm³/mol. The summed E-state index contributed by atoms with van der Waals surface area (Å²) in [4.78, 5) is 16.2. The third kappa shape index (κ3) is 2.18. The second kappa shape index (κ2) is 4.71. The molecular formula is C11H8N4OS2. The maximum atomic E-state index is 11.9. The van der Waals surface area contributed by atoms with Gasteiger partial charge in [-0.25, -0.2) is 4.98 Å². The van der Waals surface area contributed by atoms with Crippen LogP contribution in [0.15, 0.2) is 34.5 Å². The highest BCUT2D eigenvalue weighted by atomic mass is 32.1. The van der Waals surface area contributed by atoms with E-state index >= 15 is 0 Å². The van der Waals surface area contributed by atoms with Gasteiger partial charge in [-0.1, -0.05) is 0 Å². The van der Waals surface area contributed by atoms with Crippen LogP contribution >= 0.6 is 22.7 Å². The van der Waals surface area contributed by atoms with Crippen LogP contribution in [-0.4, -0.2) is 21.1 Å². The molecule has 0 aliphatic heterocycles. The number of rotatable bonds is 3. The summed E-state index contributed by atoms with van der Waals surface area (Å²) in [6, 6.07) is 3.67. The van der Waals surface area contributed by atoms with E-state index in [9.17, 15) is 4.79 Å². The Balaban J connectivity index is 1.79. The van der Waals surface area contributed by atoms with Crippen LogP contribution in [0, 0.1) is 0 Å². The van der Waals surface area contributed by atoms with Crippen molar-refractivity contribution in [3.63, 3.8) is 0 Å². The van der Waals surface area contributed by atoms with Crippen LogP contribution in [-0.2, 0) is 0 Å². The highest BCUT2D eigenvalue weighted by Crippen LogP contribution is 2.25. The summed E-state index contributed by atoms with van der Waals surface area (Å²) in [6.07, 6.45) is 1.58. The van der Waals surface area contributed by atoms with Crippen LogP contribution in [0.1, 0.15) is 10.5 Å². The first-order valence-electron chi connectivity index (χ1n) is 5.12. The maximum Gasteiger partial charge on any atom is 0.276 e. The summed E-state index contributed by atoms with van der Waals surface area (Å²) in [5.74, 6) is 0.321. The van der Waals surface area contributed by atoms with Gasteiger partial charge in [0.1, 0.15) is 16.5 Å². The fourth-order valence-electron chi connectivity index (χ4n) is 1.41. The number of nitrogens with one attached hydrogen (secondary N) is 2. The summed E-state index contributed by atoms with van der Waals surface area (Å²) in [6.45, 7) is 0. The van der Waals surface area contributed by atoms with E-state index in [0.29, 0.717) is 11.5 Å². The fraction of sp³-hybridized carbons (Fsp3) is 0. The summed E-state index contributed by atoms with van der Waals surface area (Å²) >= 11 is 3.07. The van der Waals surface area contributed by atoms with Gasteiger partial charge in [0.05, 0.1) is 6.20 Å². The van der Waals surface area contributed by atoms with Gasteiger partial charge in [-0.3, -0.25) is 9.89 Å². The van der Waals surface area contributed by atoms with E-state index in [-0.39, 0.29) is 5.91 Å². The molecule has 0 saturated carbocycles. The molecule has 3 aromatic heterocycles. The summed E-state index contributed by atoms with van der Waals surface area (Å²) in [5.41, 5.74) is 1.46. The first-order chi connectivity index (χ1) is 8.83. The van der Waals surface area contributed by atoms with Gasteiger partial charge < -0.3 is 5.32 Å². The van der Waals surface area contributed by atoms with Crippen molar-refractivity contribution in [3.05, 3.63) is 40.2 Å². The highest BCUT2D eigenvalue weighted by molar-refractivity contribution is 7.14. The van der Waals surface area contributed by atoms with E-state index < -0.39 is 0 Å². The lowest BCUT2D eigenvalue weighted by atomic mass is 10.3. The number of H-pyrrole nitrogens is 1. The average molecular weight is 276 g/mol. The van der Waals surface area contributed by atoms with Gasteiger partial charge in [0.15, 0.2) is 0 Å². The lowest BCUT2D eigenvalue weighted by Gasteiger charge is -1.97. The van der Waals surface area contributed by atoms with E-state index in [1.807, 2.05) is 16.8 Å². The molecule has 0 saturated heterocycles. The molecule has 3 rings (SSSR count). The van der Waals surface area contributed by atoms with Crippen LogP contribution < -0.4 is 5.32 Å². The molecule has 1 amide bonds. The number of thiophene rings is 1. The molecule has 2 N–H and O–H groups in total. The second-order valence-electron chi connectivity index (χ2n) is 3.47. The van der Waals surface area contributed by atoms with Gasteiger partial charge in [0.25, 0.3) is 5.91 Å². The average Bonchev–Trinajstić information content (AvgIpc) is 3.11. The highest BCUT2D eigenvalue weighted by Gasteiger charge is 2.12. The van der Waals surface area contributed by atoms with Crippen molar-refractivity contribution in [2.75, 3.05) is 5.32 Å². The second-order valence-corrected chi connectivity index (χ2v) is 5.11. The van der Waals surface area contributed by atoms with Crippen molar-refractivity contribution in [1.29, 1.82) is 0 Å². The number of carbonyl (C=O) groups is 1. The van der Waals surface area contributed by atoms with E-state index in [1.54, 1.807) is 29.0 Å². The van der Waals surface area contributed by atoms with E-state index in [2.05, 4.69) is 20.5 Å². The van der Waals surface area contributed by atoms with E-state index in [1.165, 1.54) is 11.3 Å². The smallest absolute Gasteiger partial charge is 0.276 e. The Morgan fingerprint density at radius 3 is 3.00 bits per heavy atom. The van der Waals surface area contributed by atoms with Crippen LogP contribution in [0.25, 0.3) is 10.6 Å². The zero-order chi connectivity index (χ0) is 12.4. The molecule has 5 nitrogen and oxygen atoms in total. The van der Waals surface area contributed by atoms with Crippen LogP contribution in [0.4, 0.5) is 5.82 Å². The minimum Gasteiger partial charge on any atom is -0.306 e. The molecular weight excluding hydrogens is 268 g/mol. The number of nitrogens with zero attached hydrogens (tertiary/aromatic N) is 2. The minimum absolute atomic E-state index is 0.239. The lowest BCUT2D eigenvalue weighted by molar-refractivity contribution is 0.102. The molecule has 0 radical (unpaired) electrons. The van der Waals surface area contributed by atoms with Crippen molar-refractivity contribution in [1.82, 2.24) is 15.2 Å². The summed E-state index contributed by atoms with van der Waals surface area (Å²) in [5, 5.41) is 15.7. The van der Waals surface area contributed by atoms with Gasteiger partial charge in [0.2, 0.25) is 0 Å². The molecule has 90 valence electrons. The molecule has 0 bridgehead atoms. The Bertz CT molecular complexity index is 642. The van der Waals surface area contributed by atoms with Crippen LogP contribution in [0.2, 0.25) is 0 Å². The molecule has 0 fully saturated rings. The van der Waals surface area contributed by atoms with E-state index in [4.69, 9.17) is 0 Å². The molecule has 18 heavy (non-hydrogen) atoms. The SMILES string of the molecule is O=C(Nc1ccn[nH]1)c1csc(-c2ccsc2)n1. The van der Waals surface area contributed by atoms with Gasteiger partial charge in [-0.2, -0.15) is 16.4 Å². The lowest BCUT2D eigenvalue weighted by Crippen LogP contribution is -2.12. The summed E-state index contributed by atoms with van der Waals surface area (Å²) in [7, 11) is 0. The first-order valence-corrected chi connectivity index (χ1v) is 6.94. The number of aromatic nitrogens is 3. The minimum atomic E-state index is -0.239. The molecule has 7 heteroatoms. The fourth-order valence-corrected chi connectivity index (χ4v) is 2.92. The first kappa shape index (κ1) is 11.1. The Kier molecular flexibility index (Phi) is 2.91. The number of carbonyl (C=O) groups excluding carboxylic acids is 1. The quantitative estimate of drug-likeness (QED) is 0.772. The van der Waals surface area contributed by atoms with Crippen molar-refractivity contribution in [2.45, 2.75) is 0 Å². The van der Waals surface area contributed by atoms with Crippen molar-refractivity contribution in [3.8, 4) is 10.6 Å². The molecule has 0 aromatic carbocycles. The predicted octanol–water partition coefficient (Wildman–Crippen LogP) is 2.85. The molecule has 0 aliphatic rings. The molecule has 0 spiro atoms. The summed E-state index contributed by atoms with van der Waals surface area (Å²) < 4.78 is 0. The number of anilines is 1. The monoisotopic (exact) mass is 276 g/mol. The number of thiazole rings is 1. The van der Waals surface area contributed by atoms with Gasteiger partial charge in [-0.15, -0.1) is 11.3 Å². The van der Waals surface area contributed by atoms with Crippen molar-refractivity contribution < 1.29 is 4.79 Å². The third-order valence-corrected chi connectivity index (χ3v) is 3.83. The molecule has 3 aromatic rings. The Morgan fingerprint density at radius 2 is 2.28 bits per heavy atom. The number of amides is 1. The van der Waals surface area contributed by atoms with Gasteiger partial charge in [-0.05, 0) is 11.4 Å². The number of hydrogen-bond acceptors (Lipinski definition) is 5. The van der Waals surface area contributed by atoms with Gasteiger partial charge in [0, 0.05) is 22.4 Å². The molecule has 0 aliphatic carbocycles. The molecule has 0 atom stereocenters.